The molecule has 0 aromatic carbocycles. The molecule has 4 aromatic heterocycles. The minimum atomic E-state index is -0.956. The predicted molar refractivity (Wildman–Crippen MR) is 140 cm³/mol. The third-order valence-corrected chi connectivity index (χ3v) is 7.03. The SMILES string of the molecule is CO[C@]1(C(=O)N[C@@H](C)c2cnc(-n3cc(F)cn3)cn2)CC[C@H](c2nc(C)cc(Nc3cc(C)[nH]n3)n2)CC1. The minimum absolute atomic E-state index is 0.102. The fraction of sp³-hybridized carbons (Fsp3) is 0.423. The molecule has 1 amide bonds. The van der Waals surface area contributed by atoms with E-state index in [1.165, 1.54) is 17.1 Å². The van der Waals surface area contributed by atoms with Crippen molar-refractivity contribution in [1.82, 2.24) is 45.2 Å². The summed E-state index contributed by atoms with van der Waals surface area (Å²) in [7, 11) is 1.57. The van der Waals surface area contributed by atoms with Gasteiger partial charge in [0.2, 0.25) is 0 Å². The van der Waals surface area contributed by atoms with Crippen LogP contribution >= 0.6 is 0 Å². The van der Waals surface area contributed by atoms with Crippen LogP contribution in [0.25, 0.3) is 5.82 Å². The highest BCUT2D eigenvalue weighted by atomic mass is 19.1. The number of rotatable bonds is 8. The van der Waals surface area contributed by atoms with Crippen LogP contribution in [0.1, 0.15) is 67.5 Å². The van der Waals surface area contributed by atoms with Gasteiger partial charge in [0.05, 0.1) is 36.5 Å². The van der Waals surface area contributed by atoms with Crippen molar-refractivity contribution < 1.29 is 13.9 Å². The molecule has 1 fully saturated rings. The van der Waals surface area contributed by atoms with Gasteiger partial charge in [-0.2, -0.15) is 10.2 Å². The first-order valence-corrected chi connectivity index (χ1v) is 12.8. The number of hydrogen-bond donors (Lipinski definition) is 3. The van der Waals surface area contributed by atoms with Gasteiger partial charge in [-0.1, -0.05) is 0 Å². The molecule has 0 radical (unpaired) electrons. The Kier molecular flexibility index (Phi) is 7.33. The molecule has 204 valence electrons. The van der Waals surface area contributed by atoms with Crippen LogP contribution < -0.4 is 10.6 Å². The Hall–Kier alpha value is -4.26. The first-order valence-electron chi connectivity index (χ1n) is 12.8. The number of methoxy groups -OCH3 is 1. The van der Waals surface area contributed by atoms with Crippen LogP contribution in [0, 0.1) is 19.7 Å². The van der Waals surface area contributed by atoms with Gasteiger partial charge in [0.15, 0.2) is 17.5 Å². The molecule has 3 N–H and O–H groups in total. The number of nitrogens with one attached hydrogen (secondary N) is 3. The molecule has 0 aliphatic heterocycles. The standard InChI is InChI=1S/C26H31FN10O2/c1-15-9-21(33-22-10-16(2)35-36-22)34-24(31-15)18-5-7-26(39-4,8-6-18)25(38)32-17(3)20-12-29-23(13-28-20)37-14-19(27)11-30-37/h9-14,17-18H,5-8H2,1-4H3,(H,32,38)(H2,31,33,34,35,36)/t17-,18-,26+/m0/s1. The van der Waals surface area contributed by atoms with Crippen molar-refractivity contribution in [2.75, 3.05) is 12.4 Å². The van der Waals surface area contributed by atoms with Crippen molar-refractivity contribution >= 4 is 17.5 Å². The Morgan fingerprint density at radius 2 is 1.95 bits per heavy atom. The van der Waals surface area contributed by atoms with Gasteiger partial charge in [-0.25, -0.2) is 24.0 Å². The van der Waals surface area contributed by atoms with E-state index in [1.54, 1.807) is 13.3 Å². The first-order chi connectivity index (χ1) is 18.7. The molecule has 1 aliphatic carbocycles. The van der Waals surface area contributed by atoms with Crippen LogP contribution in [-0.2, 0) is 9.53 Å². The molecule has 1 atom stereocenters. The Labute approximate surface area is 224 Å². The van der Waals surface area contributed by atoms with Gasteiger partial charge in [0, 0.05) is 36.5 Å². The lowest BCUT2D eigenvalue weighted by Gasteiger charge is -2.38. The minimum Gasteiger partial charge on any atom is -0.368 e. The van der Waals surface area contributed by atoms with Gasteiger partial charge in [-0.3, -0.25) is 14.9 Å². The van der Waals surface area contributed by atoms with Crippen LogP contribution in [0.2, 0.25) is 0 Å². The number of carbonyl (C=O) groups is 1. The molecular formula is C26H31FN10O2. The van der Waals surface area contributed by atoms with Gasteiger partial charge >= 0.3 is 0 Å². The van der Waals surface area contributed by atoms with Crippen molar-refractivity contribution in [1.29, 1.82) is 0 Å². The molecule has 0 bridgehead atoms. The van der Waals surface area contributed by atoms with Crippen LogP contribution in [-0.4, -0.2) is 58.5 Å². The van der Waals surface area contributed by atoms with Gasteiger partial charge in [-0.05, 0) is 46.5 Å². The molecule has 4 aromatic rings. The normalized spacial score (nSPS) is 20.0. The highest BCUT2D eigenvalue weighted by Gasteiger charge is 2.43. The van der Waals surface area contributed by atoms with E-state index in [0.29, 0.717) is 48.8 Å². The smallest absolute Gasteiger partial charge is 0.252 e. The molecule has 12 nitrogen and oxygen atoms in total. The number of halogens is 1. The average Bonchev–Trinajstić information content (AvgIpc) is 3.55. The number of carbonyl (C=O) groups excluding carboxylic acids is 1. The second kappa shape index (κ2) is 10.8. The fourth-order valence-corrected chi connectivity index (χ4v) is 4.82. The van der Waals surface area contributed by atoms with Crippen LogP contribution in [0.5, 0.6) is 0 Å². The van der Waals surface area contributed by atoms with Crippen molar-refractivity contribution in [2.45, 2.75) is 64.0 Å². The topological polar surface area (TPSA) is 148 Å². The number of aromatic amines is 1. The summed E-state index contributed by atoms with van der Waals surface area (Å²) in [6.07, 6.45) is 7.81. The van der Waals surface area contributed by atoms with E-state index in [1.807, 2.05) is 32.9 Å². The zero-order chi connectivity index (χ0) is 27.6. The number of ether oxygens (including phenoxy) is 1. The maximum atomic E-state index is 13.4. The largest absolute Gasteiger partial charge is 0.368 e. The number of H-pyrrole nitrogens is 1. The highest BCUT2D eigenvalue weighted by molar-refractivity contribution is 5.85. The fourth-order valence-electron chi connectivity index (χ4n) is 4.82. The molecule has 5 rings (SSSR count). The van der Waals surface area contributed by atoms with E-state index in [-0.39, 0.29) is 11.8 Å². The third kappa shape index (κ3) is 5.77. The number of amides is 1. The lowest BCUT2D eigenvalue weighted by atomic mass is 9.77. The van der Waals surface area contributed by atoms with Crippen molar-refractivity contribution in [3.8, 4) is 5.82 Å². The molecule has 1 saturated carbocycles. The summed E-state index contributed by atoms with van der Waals surface area (Å²) >= 11 is 0. The van der Waals surface area contributed by atoms with Crippen molar-refractivity contribution in [2.24, 2.45) is 0 Å². The van der Waals surface area contributed by atoms with E-state index >= 15 is 0 Å². The van der Waals surface area contributed by atoms with E-state index in [9.17, 15) is 9.18 Å². The van der Waals surface area contributed by atoms with E-state index < -0.39 is 17.5 Å². The van der Waals surface area contributed by atoms with Crippen molar-refractivity contribution in [3.05, 3.63) is 65.6 Å². The lowest BCUT2D eigenvalue weighted by Crippen LogP contribution is -2.51. The van der Waals surface area contributed by atoms with E-state index in [0.717, 1.165) is 23.4 Å². The van der Waals surface area contributed by atoms with Gasteiger partial charge < -0.3 is 15.4 Å². The summed E-state index contributed by atoms with van der Waals surface area (Å²) in [6.45, 7) is 5.71. The lowest BCUT2D eigenvalue weighted by molar-refractivity contribution is -0.148. The predicted octanol–water partition coefficient (Wildman–Crippen LogP) is 3.60. The average molecular weight is 535 g/mol. The Bertz CT molecular complexity index is 1440. The van der Waals surface area contributed by atoms with Crippen LogP contribution in [0.3, 0.4) is 0 Å². The maximum Gasteiger partial charge on any atom is 0.252 e. The molecule has 39 heavy (non-hydrogen) atoms. The summed E-state index contributed by atoms with van der Waals surface area (Å²) in [5.41, 5.74) is 1.42. The van der Waals surface area contributed by atoms with Crippen molar-refractivity contribution in [3.63, 3.8) is 0 Å². The Morgan fingerprint density at radius 3 is 2.56 bits per heavy atom. The number of aryl methyl sites for hydroxylation is 2. The number of aromatic nitrogens is 8. The summed E-state index contributed by atoms with van der Waals surface area (Å²) in [4.78, 5) is 31.5. The highest BCUT2D eigenvalue weighted by Crippen LogP contribution is 2.39. The first kappa shape index (κ1) is 26.4. The van der Waals surface area contributed by atoms with Gasteiger partial charge in [-0.15, -0.1) is 0 Å². The zero-order valence-corrected chi connectivity index (χ0v) is 22.3. The summed E-state index contributed by atoms with van der Waals surface area (Å²) in [5, 5.41) is 17.3. The monoisotopic (exact) mass is 534 g/mol. The third-order valence-electron chi connectivity index (χ3n) is 7.03. The second-order valence-corrected chi connectivity index (χ2v) is 9.88. The zero-order valence-electron chi connectivity index (χ0n) is 22.3. The number of anilines is 2. The van der Waals surface area contributed by atoms with Crippen LogP contribution in [0.4, 0.5) is 16.0 Å². The maximum absolute atomic E-state index is 13.4. The summed E-state index contributed by atoms with van der Waals surface area (Å²) < 4.78 is 20.3. The quantitative estimate of drug-likeness (QED) is 0.308. The molecule has 0 unspecified atom stereocenters. The molecular weight excluding hydrogens is 503 g/mol. The number of nitrogens with zero attached hydrogens (tertiary/aromatic N) is 7. The van der Waals surface area contributed by atoms with E-state index in [2.05, 4.69) is 40.9 Å². The molecule has 13 heteroatoms. The Balaban J connectivity index is 1.22. The molecule has 0 saturated heterocycles. The van der Waals surface area contributed by atoms with Gasteiger partial charge in [0.25, 0.3) is 5.91 Å². The van der Waals surface area contributed by atoms with Gasteiger partial charge in [0.1, 0.15) is 17.2 Å². The van der Waals surface area contributed by atoms with Crippen LogP contribution in [0.15, 0.2) is 36.9 Å². The number of hydrogen-bond acceptors (Lipinski definition) is 9. The molecule has 0 spiro atoms. The molecule has 1 aliphatic rings. The summed E-state index contributed by atoms with van der Waals surface area (Å²) in [5.74, 6) is 1.95. The summed E-state index contributed by atoms with van der Waals surface area (Å²) in [6, 6.07) is 3.38. The van der Waals surface area contributed by atoms with E-state index in [4.69, 9.17) is 9.72 Å². The Morgan fingerprint density at radius 1 is 1.15 bits per heavy atom. The second-order valence-electron chi connectivity index (χ2n) is 9.88. The molecule has 4 heterocycles.